The van der Waals surface area contributed by atoms with Crippen LogP contribution >= 0.6 is 23.4 Å². The van der Waals surface area contributed by atoms with Crippen LogP contribution in [0, 0.1) is 0 Å². The molecule has 0 amide bonds. The lowest BCUT2D eigenvalue weighted by Crippen LogP contribution is -2.10. The van der Waals surface area contributed by atoms with Gasteiger partial charge in [-0.1, -0.05) is 29.8 Å². The number of ketones is 1. The number of halogens is 1. The third kappa shape index (κ3) is 4.43. The summed E-state index contributed by atoms with van der Waals surface area (Å²) in [5.74, 6) is -0.200. The molecule has 25 heavy (non-hydrogen) atoms. The number of Topliss-reactive ketones (excluding diaryl/α,β-unsaturated/α-hetero) is 1. The summed E-state index contributed by atoms with van der Waals surface area (Å²) in [6.45, 7) is 1.44. The maximum absolute atomic E-state index is 11.9. The number of anilines is 1. The van der Waals surface area contributed by atoms with Crippen molar-refractivity contribution in [2.75, 3.05) is 5.43 Å². The number of hydrogen-bond donors (Lipinski definition) is 1. The molecule has 0 saturated heterocycles. The molecule has 0 aliphatic heterocycles. The lowest BCUT2D eigenvalue weighted by molar-refractivity contribution is -0.110. The largest absolute Gasteiger partial charge is 0.292 e. The summed E-state index contributed by atoms with van der Waals surface area (Å²) in [4.78, 5) is 11.9. The average molecular weight is 373 g/mol. The first-order valence-electron chi connectivity index (χ1n) is 7.25. The number of carbonyl (C=O) groups excluding carboxylic acids is 1. The standard InChI is InChI=1S/C16H13ClN6OS/c1-11(24)15(19-18-13-9-7-12(17)8-10-13)25-16-20-21-22-23(16)14-5-3-2-4-6-14/h2-10,18H,1H3. The summed E-state index contributed by atoms with van der Waals surface area (Å²) >= 11 is 6.93. The SMILES string of the molecule is CC(=O)C(=NNc1ccc(Cl)cc1)Sc1nnnn1-c1ccccc1. The molecule has 9 heteroatoms. The zero-order chi connectivity index (χ0) is 17.6. The Labute approximate surface area is 153 Å². The van der Waals surface area contributed by atoms with Gasteiger partial charge in [0, 0.05) is 11.9 Å². The van der Waals surface area contributed by atoms with Crippen LogP contribution in [0.15, 0.2) is 64.9 Å². The number of tetrazole rings is 1. The van der Waals surface area contributed by atoms with E-state index in [9.17, 15) is 4.79 Å². The summed E-state index contributed by atoms with van der Waals surface area (Å²) in [5, 5.41) is 17.1. The maximum atomic E-state index is 11.9. The van der Waals surface area contributed by atoms with E-state index in [-0.39, 0.29) is 10.8 Å². The number of nitrogens with one attached hydrogen (secondary N) is 1. The van der Waals surface area contributed by atoms with Crippen molar-refractivity contribution in [2.24, 2.45) is 5.10 Å². The second kappa shape index (κ2) is 7.91. The van der Waals surface area contributed by atoms with E-state index in [2.05, 4.69) is 26.1 Å². The molecule has 0 radical (unpaired) electrons. The highest BCUT2D eigenvalue weighted by Crippen LogP contribution is 2.21. The second-order valence-electron chi connectivity index (χ2n) is 4.90. The molecule has 0 atom stereocenters. The fraction of sp³-hybridized carbons (Fsp3) is 0.0625. The Hall–Kier alpha value is -2.71. The number of nitrogens with zero attached hydrogens (tertiary/aromatic N) is 5. The first-order valence-corrected chi connectivity index (χ1v) is 8.45. The van der Waals surface area contributed by atoms with Gasteiger partial charge in [0.05, 0.1) is 11.4 Å². The van der Waals surface area contributed by atoms with E-state index in [1.165, 1.54) is 6.92 Å². The predicted octanol–water partition coefficient (Wildman–Crippen LogP) is 3.42. The zero-order valence-corrected chi connectivity index (χ0v) is 14.7. The molecule has 0 saturated carbocycles. The van der Waals surface area contributed by atoms with Gasteiger partial charge in [0.1, 0.15) is 0 Å². The number of carbonyl (C=O) groups is 1. The van der Waals surface area contributed by atoms with Gasteiger partial charge in [-0.25, -0.2) is 0 Å². The Morgan fingerprint density at radius 3 is 2.56 bits per heavy atom. The Bertz CT molecular complexity index is 895. The van der Waals surface area contributed by atoms with Crippen LogP contribution in [0.1, 0.15) is 6.92 Å². The molecule has 0 spiro atoms. The molecule has 1 N–H and O–H groups in total. The lowest BCUT2D eigenvalue weighted by atomic mass is 10.3. The van der Waals surface area contributed by atoms with Crippen molar-refractivity contribution in [3.63, 3.8) is 0 Å². The summed E-state index contributed by atoms with van der Waals surface area (Å²) in [7, 11) is 0. The Morgan fingerprint density at radius 2 is 1.88 bits per heavy atom. The van der Waals surface area contributed by atoms with E-state index in [0.717, 1.165) is 17.4 Å². The molecule has 0 fully saturated rings. The minimum atomic E-state index is -0.200. The highest BCUT2D eigenvalue weighted by Gasteiger charge is 2.16. The van der Waals surface area contributed by atoms with Gasteiger partial charge >= 0.3 is 0 Å². The van der Waals surface area contributed by atoms with Crippen molar-refractivity contribution in [3.05, 3.63) is 59.6 Å². The van der Waals surface area contributed by atoms with Gasteiger partial charge in [0.15, 0.2) is 10.8 Å². The fourth-order valence-corrected chi connectivity index (χ4v) is 2.71. The number of hydrogen-bond acceptors (Lipinski definition) is 7. The maximum Gasteiger partial charge on any atom is 0.220 e. The van der Waals surface area contributed by atoms with Crippen molar-refractivity contribution < 1.29 is 4.79 Å². The van der Waals surface area contributed by atoms with Gasteiger partial charge in [-0.3, -0.25) is 10.2 Å². The molecule has 0 bridgehead atoms. The summed E-state index contributed by atoms with van der Waals surface area (Å²) in [5.41, 5.74) is 4.34. The van der Waals surface area contributed by atoms with E-state index in [1.807, 2.05) is 30.3 Å². The number of aromatic nitrogens is 4. The van der Waals surface area contributed by atoms with E-state index in [0.29, 0.717) is 15.9 Å². The van der Waals surface area contributed by atoms with Crippen molar-refractivity contribution in [2.45, 2.75) is 12.1 Å². The fourth-order valence-electron chi connectivity index (χ4n) is 1.87. The molecule has 2 aromatic carbocycles. The van der Waals surface area contributed by atoms with Crippen LogP contribution in [-0.2, 0) is 4.79 Å². The van der Waals surface area contributed by atoms with E-state index < -0.39 is 0 Å². The molecular formula is C16H13ClN6OS. The zero-order valence-electron chi connectivity index (χ0n) is 13.1. The number of rotatable bonds is 5. The van der Waals surface area contributed by atoms with Gasteiger partial charge in [0.2, 0.25) is 5.16 Å². The summed E-state index contributed by atoms with van der Waals surface area (Å²) in [6, 6.07) is 16.4. The van der Waals surface area contributed by atoms with Crippen LogP contribution in [0.4, 0.5) is 5.69 Å². The molecule has 3 aromatic rings. The van der Waals surface area contributed by atoms with Crippen LogP contribution in [0.2, 0.25) is 5.02 Å². The minimum Gasteiger partial charge on any atom is -0.292 e. The molecule has 126 valence electrons. The van der Waals surface area contributed by atoms with Crippen LogP contribution < -0.4 is 5.43 Å². The Morgan fingerprint density at radius 1 is 1.16 bits per heavy atom. The number of benzene rings is 2. The average Bonchev–Trinajstić information content (AvgIpc) is 3.08. The predicted molar refractivity (Wildman–Crippen MR) is 98.2 cm³/mol. The molecular weight excluding hydrogens is 360 g/mol. The van der Waals surface area contributed by atoms with Gasteiger partial charge in [-0.2, -0.15) is 9.78 Å². The first kappa shape index (κ1) is 17.1. The van der Waals surface area contributed by atoms with Gasteiger partial charge in [-0.05, 0) is 58.6 Å². The number of thioether (sulfide) groups is 1. The van der Waals surface area contributed by atoms with Crippen LogP contribution in [0.5, 0.6) is 0 Å². The number of para-hydroxylation sites is 1. The van der Waals surface area contributed by atoms with Gasteiger partial charge in [-0.15, -0.1) is 5.10 Å². The van der Waals surface area contributed by atoms with Gasteiger partial charge in [0.25, 0.3) is 0 Å². The van der Waals surface area contributed by atoms with Crippen LogP contribution in [-0.4, -0.2) is 31.0 Å². The Balaban J connectivity index is 1.81. The summed E-state index contributed by atoms with van der Waals surface area (Å²) < 4.78 is 1.55. The van der Waals surface area contributed by atoms with E-state index in [4.69, 9.17) is 11.6 Å². The highest BCUT2D eigenvalue weighted by atomic mass is 35.5. The third-order valence-corrected chi connectivity index (χ3v) is 4.32. The number of hydrazone groups is 1. The minimum absolute atomic E-state index is 0.200. The van der Waals surface area contributed by atoms with Gasteiger partial charge < -0.3 is 0 Å². The second-order valence-corrected chi connectivity index (χ2v) is 6.30. The molecule has 0 aliphatic carbocycles. The third-order valence-electron chi connectivity index (χ3n) is 3.06. The smallest absolute Gasteiger partial charge is 0.220 e. The molecule has 1 heterocycles. The molecule has 0 aliphatic rings. The molecule has 3 rings (SSSR count). The van der Waals surface area contributed by atoms with Crippen molar-refractivity contribution in [1.29, 1.82) is 0 Å². The van der Waals surface area contributed by atoms with Crippen molar-refractivity contribution >= 4 is 39.9 Å². The van der Waals surface area contributed by atoms with Crippen molar-refractivity contribution in [1.82, 2.24) is 20.2 Å². The van der Waals surface area contributed by atoms with Crippen molar-refractivity contribution in [3.8, 4) is 5.69 Å². The quantitative estimate of drug-likeness (QED) is 0.319. The van der Waals surface area contributed by atoms with Crippen LogP contribution in [0.3, 0.4) is 0 Å². The monoisotopic (exact) mass is 372 g/mol. The van der Waals surface area contributed by atoms with E-state index in [1.54, 1.807) is 28.9 Å². The Kier molecular flexibility index (Phi) is 5.42. The normalized spacial score (nSPS) is 11.4. The first-order chi connectivity index (χ1) is 12.1. The molecule has 1 aromatic heterocycles. The summed E-state index contributed by atoms with van der Waals surface area (Å²) in [6.07, 6.45) is 0. The highest BCUT2D eigenvalue weighted by molar-refractivity contribution is 8.15. The molecule has 0 unspecified atom stereocenters. The molecule has 7 nitrogen and oxygen atoms in total. The topological polar surface area (TPSA) is 85.1 Å². The van der Waals surface area contributed by atoms with Crippen LogP contribution in [0.25, 0.3) is 5.69 Å². The lowest BCUT2D eigenvalue weighted by Gasteiger charge is -2.05. The van der Waals surface area contributed by atoms with E-state index >= 15 is 0 Å².